The van der Waals surface area contributed by atoms with Gasteiger partial charge in [0, 0.05) is 24.8 Å². The Kier molecular flexibility index (Phi) is 5.77. The smallest absolute Gasteiger partial charge is 0.243 e. The highest BCUT2D eigenvalue weighted by Gasteiger charge is 2.34. The Hall–Kier alpha value is -3.20. The molecule has 0 radical (unpaired) electrons. The third kappa shape index (κ3) is 4.18. The summed E-state index contributed by atoms with van der Waals surface area (Å²) in [5, 5.41) is 3.40. The molecule has 1 aliphatic rings. The van der Waals surface area contributed by atoms with Crippen LogP contribution in [0.1, 0.15) is 24.2 Å². The van der Waals surface area contributed by atoms with E-state index < -0.39 is 11.9 Å². The molecule has 2 amide bonds. The molecule has 3 N–H and O–H groups in total. The lowest BCUT2D eigenvalue weighted by Gasteiger charge is -2.24. The number of nitrogens with two attached hydrogens (primary N) is 1. The highest BCUT2D eigenvalue weighted by Crippen LogP contribution is 2.22. The zero-order valence-corrected chi connectivity index (χ0v) is 17.7. The van der Waals surface area contributed by atoms with E-state index in [9.17, 15) is 14.0 Å². The largest absolute Gasteiger partial charge is 0.383 e. The predicted molar refractivity (Wildman–Crippen MR) is 115 cm³/mol. The van der Waals surface area contributed by atoms with Crippen LogP contribution in [-0.4, -0.2) is 43.8 Å². The number of amides is 2. The molecule has 0 unspecified atom stereocenters. The summed E-state index contributed by atoms with van der Waals surface area (Å²) in [5.41, 5.74) is 6.81. The topological polar surface area (TPSA) is 106 Å². The van der Waals surface area contributed by atoms with Crippen LogP contribution in [0.5, 0.6) is 0 Å². The van der Waals surface area contributed by atoms with Gasteiger partial charge in [-0.15, -0.1) is 0 Å². The number of hydrogen-bond acceptors (Lipinski definition) is 5. The second-order valence-electron chi connectivity index (χ2n) is 7.51. The molecule has 4 rings (SSSR count). The van der Waals surface area contributed by atoms with Crippen LogP contribution < -0.4 is 11.1 Å². The lowest BCUT2D eigenvalue weighted by Crippen LogP contribution is -2.46. The van der Waals surface area contributed by atoms with Gasteiger partial charge in [0.25, 0.3) is 0 Å². The van der Waals surface area contributed by atoms with Crippen molar-refractivity contribution in [3.63, 3.8) is 0 Å². The van der Waals surface area contributed by atoms with Crippen molar-refractivity contribution in [2.24, 2.45) is 0 Å². The second-order valence-corrected chi connectivity index (χ2v) is 7.92. The minimum absolute atomic E-state index is 0.00146. The number of nitrogens with one attached hydrogen (secondary N) is 1. The molecular formula is C21H22ClFN6O2. The monoisotopic (exact) mass is 444 g/mol. The van der Waals surface area contributed by atoms with Crippen molar-refractivity contribution >= 4 is 40.3 Å². The average Bonchev–Trinajstić information content (AvgIpc) is 3.37. The van der Waals surface area contributed by atoms with Crippen LogP contribution >= 0.6 is 11.6 Å². The summed E-state index contributed by atoms with van der Waals surface area (Å²) >= 11 is 5.79. The Morgan fingerprint density at radius 3 is 2.94 bits per heavy atom. The van der Waals surface area contributed by atoms with Crippen LogP contribution in [0.3, 0.4) is 0 Å². The van der Waals surface area contributed by atoms with E-state index in [1.165, 1.54) is 6.07 Å². The summed E-state index contributed by atoms with van der Waals surface area (Å²) in [5.74, 6) is -0.187. The highest BCUT2D eigenvalue weighted by molar-refractivity contribution is 6.30. The van der Waals surface area contributed by atoms with Crippen molar-refractivity contribution in [1.82, 2.24) is 24.8 Å². The standard InChI is InChI=1S/C21H22ClFN6O2/c1-12-26-19(24)14-7-9-28(20(14)27-12)11-17(30)29-8-3-6-16(29)21(31)25-10-13-4-2-5-15(22)18(13)23/h2,4-5,7,9,16H,3,6,8,10-11H2,1H3,(H,25,31)(H2,24,26,27)/t16-/m0/s1. The zero-order valence-electron chi connectivity index (χ0n) is 16.9. The molecule has 10 heteroatoms. The molecule has 1 saturated heterocycles. The van der Waals surface area contributed by atoms with Crippen LogP contribution in [-0.2, 0) is 22.7 Å². The summed E-state index contributed by atoms with van der Waals surface area (Å²) in [6.07, 6.45) is 3.01. The quantitative estimate of drug-likeness (QED) is 0.628. The number of nitrogens with zero attached hydrogens (tertiary/aromatic N) is 4. The molecular weight excluding hydrogens is 423 g/mol. The summed E-state index contributed by atoms with van der Waals surface area (Å²) in [7, 11) is 0. The first-order chi connectivity index (χ1) is 14.8. The molecule has 0 aliphatic carbocycles. The first-order valence-electron chi connectivity index (χ1n) is 9.94. The number of rotatable bonds is 5. The van der Waals surface area contributed by atoms with Crippen LogP contribution in [0.25, 0.3) is 11.0 Å². The number of carbonyl (C=O) groups is 2. The number of carbonyl (C=O) groups excluding carboxylic acids is 2. The van der Waals surface area contributed by atoms with Crippen molar-refractivity contribution in [2.45, 2.75) is 38.9 Å². The molecule has 0 saturated carbocycles. The normalized spacial score (nSPS) is 16.1. The van der Waals surface area contributed by atoms with Crippen LogP contribution in [0, 0.1) is 12.7 Å². The predicted octanol–water partition coefficient (Wildman–Crippen LogP) is 2.42. The number of fused-ring (bicyclic) bond motifs is 1. The van der Waals surface area contributed by atoms with Gasteiger partial charge in [-0.05, 0) is 31.9 Å². The fourth-order valence-electron chi connectivity index (χ4n) is 3.89. The van der Waals surface area contributed by atoms with Gasteiger partial charge < -0.3 is 20.5 Å². The maximum absolute atomic E-state index is 14.1. The molecule has 2 aromatic heterocycles. The Labute approximate surface area is 183 Å². The van der Waals surface area contributed by atoms with E-state index in [0.717, 1.165) is 6.42 Å². The fraction of sp³-hybridized carbons (Fsp3) is 0.333. The third-order valence-electron chi connectivity index (χ3n) is 5.43. The van der Waals surface area contributed by atoms with E-state index >= 15 is 0 Å². The van der Waals surface area contributed by atoms with Gasteiger partial charge in [0.1, 0.15) is 35.7 Å². The van der Waals surface area contributed by atoms with E-state index in [1.54, 1.807) is 40.8 Å². The molecule has 3 heterocycles. The van der Waals surface area contributed by atoms with Crippen molar-refractivity contribution in [3.05, 3.63) is 52.7 Å². The van der Waals surface area contributed by atoms with Gasteiger partial charge in [-0.1, -0.05) is 23.7 Å². The molecule has 1 atom stereocenters. The average molecular weight is 445 g/mol. The van der Waals surface area contributed by atoms with E-state index in [4.69, 9.17) is 17.3 Å². The number of aromatic nitrogens is 3. The summed E-state index contributed by atoms with van der Waals surface area (Å²) in [6, 6.07) is 5.80. The molecule has 0 spiro atoms. The Morgan fingerprint density at radius 2 is 2.13 bits per heavy atom. The van der Waals surface area contributed by atoms with Gasteiger partial charge >= 0.3 is 0 Å². The molecule has 3 aromatic rings. The van der Waals surface area contributed by atoms with E-state index in [1.807, 2.05) is 0 Å². The van der Waals surface area contributed by atoms with Gasteiger partial charge in [0.2, 0.25) is 11.8 Å². The summed E-state index contributed by atoms with van der Waals surface area (Å²) in [6.45, 7) is 2.25. The summed E-state index contributed by atoms with van der Waals surface area (Å²) < 4.78 is 15.8. The molecule has 0 bridgehead atoms. The van der Waals surface area contributed by atoms with Gasteiger partial charge in [-0.2, -0.15) is 0 Å². The van der Waals surface area contributed by atoms with Crippen molar-refractivity contribution in [2.75, 3.05) is 12.3 Å². The lowest BCUT2D eigenvalue weighted by molar-refractivity contribution is -0.138. The number of nitrogen functional groups attached to an aromatic ring is 1. The van der Waals surface area contributed by atoms with Gasteiger partial charge in [0.15, 0.2) is 0 Å². The van der Waals surface area contributed by atoms with Crippen LogP contribution in [0.2, 0.25) is 5.02 Å². The second kappa shape index (κ2) is 8.50. The number of benzene rings is 1. The molecule has 1 aliphatic heterocycles. The van der Waals surface area contributed by atoms with Crippen LogP contribution in [0.4, 0.5) is 10.2 Å². The van der Waals surface area contributed by atoms with Gasteiger partial charge in [0.05, 0.1) is 10.4 Å². The first-order valence-corrected chi connectivity index (χ1v) is 10.3. The number of aryl methyl sites for hydroxylation is 1. The van der Waals surface area contributed by atoms with Crippen LogP contribution in [0.15, 0.2) is 30.5 Å². The SMILES string of the molecule is Cc1nc(N)c2ccn(CC(=O)N3CCC[C@H]3C(=O)NCc3cccc(Cl)c3F)c2n1. The molecule has 31 heavy (non-hydrogen) atoms. The zero-order chi connectivity index (χ0) is 22.1. The van der Waals surface area contributed by atoms with Crippen molar-refractivity contribution < 1.29 is 14.0 Å². The van der Waals surface area contributed by atoms with Crippen molar-refractivity contribution in [3.8, 4) is 0 Å². The molecule has 162 valence electrons. The van der Waals surface area contributed by atoms with Gasteiger partial charge in [-0.3, -0.25) is 9.59 Å². The summed E-state index contributed by atoms with van der Waals surface area (Å²) in [4.78, 5) is 35.8. The molecule has 8 nitrogen and oxygen atoms in total. The lowest BCUT2D eigenvalue weighted by atomic mass is 10.1. The van der Waals surface area contributed by atoms with E-state index in [-0.39, 0.29) is 29.9 Å². The maximum atomic E-state index is 14.1. The van der Waals surface area contributed by atoms with E-state index in [2.05, 4.69) is 15.3 Å². The highest BCUT2D eigenvalue weighted by atomic mass is 35.5. The maximum Gasteiger partial charge on any atom is 0.243 e. The van der Waals surface area contributed by atoms with Gasteiger partial charge in [-0.25, -0.2) is 14.4 Å². The number of anilines is 1. The number of halogens is 2. The minimum atomic E-state index is -0.599. The Morgan fingerprint density at radius 1 is 1.32 bits per heavy atom. The fourth-order valence-corrected chi connectivity index (χ4v) is 4.08. The third-order valence-corrected chi connectivity index (χ3v) is 5.72. The minimum Gasteiger partial charge on any atom is -0.383 e. The number of likely N-dealkylation sites (tertiary alicyclic amines) is 1. The van der Waals surface area contributed by atoms with E-state index in [0.29, 0.717) is 41.2 Å². The first kappa shape index (κ1) is 21.0. The Balaban J connectivity index is 1.45. The number of hydrogen-bond donors (Lipinski definition) is 2. The van der Waals surface area contributed by atoms with Crippen molar-refractivity contribution in [1.29, 1.82) is 0 Å². The molecule has 1 aromatic carbocycles. The molecule has 1 fully saturated rings. The Bertz CT molecular complexity index is 1160.